The third-order valence-corrected chi connectivity index (χ3v) is 3.80. The molecule has 0 spiro atoms. The van der Waals surface area contributed by atoms with E-state index in [1.54, 1.807) is 11.8 Å². The van der Waals surface area contributed by atoms with E-state index in [1.165, 1.54) is 0 Å². The van der Waals surface area contributed by atoms with Crippen molar-refractivity contribution in [2.75, 3.05) is 13.2 Å². The van der Waals surface area contributed by atoms with Gasteiger partial charge in [-0.25, -0.2) is 4.79 Å². The predicted molar refractivity (Wildman–Crippen MR) is 82.2 cm³/mol. The van der Waals surface area contributed by atoms with Crippen LogP contribution in [-0.2, 0) is 20.9 Å². The van der Waals surface area contributed by atoms with E-state index >= 15 is 0 Å². The van der Waals surface area contributed by atoms with Crippen molar-refractivity contribution in [2.24, 2.45) is 0 Å². The number of amides is 1. The van der Waals surface area contributed by atoms with Crippen molar-refractivity contribution in [3.63, 3.8) is 0 Å². The lowest BCUT2D eigenvalue weighted by molar-refractivity contribution is -0.143. The Morgan fingerprint density at radius 2 is 2.00 bits per heavy atom. The average Bonchev–Trinajstić information content (AvgIpc) is 3.00. The van der Waals surface area contributed by atoms with Crippen molar-refractivity contribution in [1.82, 2.24) is 4.90 Å². The van der Waals surface area contributed by atoms with E-state index in [0.29, 0.717) is 26.0 Å². The van der Waals surface area contributed by atoms with Gasteiger partial charge in [-0.1, -0.05) is 30.3 Å². The summed E-state index contributed by atoms with van der Waals surface area (Å²) in [6.07, 6.45) is 2.56. The maximum atomic E-state index is 12.2. The molecule has 1 saturated heterocycles. The van der Waals surface area contributed by atoms with Gasteiger partial charge >= 0.3 is 12.1 Å². The van der Waals surface area contributed by atoms with E-state index in [-0.39, 0.29) is 24.7 Å². The van der Waals surface area contributed by atoms with Crippen LogP contribution in [0.25, 0.3) is 0 Å². The van der Waals surface area contributed by atoms with Gasteiger partial charge in [-0.15, -0.1) is 0 Å². The first-order valence-corrected chi connectivity index (χ1v) is 7.83. The number of likely N-dealkylation sites (tertiary alicyclic amines) is 1. The van der Waals surface area contributed by atoms with Gasteiger partial charge in [-0.2, -0.15) is 0 Å². The second-order valence-electron chi connectivity index (χ2n) is 5.37. The number of benzene rings is 1. The molecule has 1 fully saturated rings. The molecule has 0 radical (unpaired) electrons. The number of carbonyl (C=O) groups is 2. The fourth-order valence-corrected chi connectivity index (χ4v) is 2.70. The van der Waals surface area contributed by atoms with Crippen LogP contribution in [-0.4, -0.2) is 36.2 Å². The zero-order chi connectivity index (χ0) is 15.8. The minimum atomic E-state index is -0.296. The Kier molecular flexibility index (Phi) is 6.25. The maximum absolute atomic E-state index is 12.2. The summed E-state index contributed by atoms with van der Waals surface area (Å²) in [7, 11) is 0. The molecule has 0 bridgehead atoms. The molecule has 0 aliphatic carbocycles. The maximum Gasteiger partial charge on any atom is 0.410 e. The largest absolute Gasteiger partial charge is 0.466 e. The van der Waals surface area contributed by atoms with E-state index in [2.05, 4.69) is 0 Å². The molecular formula is C17H23NO4. The molecule has 1 aliphatic rings. The number of nitrogens with zero attached hydrogens (tertiary/aromatic N) is 1. The van der Waals surface area contributed by atoms with Crippen LogP contribution >= 0.6 is 0 Å². The first kappa shape index (κ1) is 16.3. The highest BCUT2D eigenvalue weighted by molar-refractivity contribution is 5.70. The molecule has 1 aliphatic heterocycles. The highest BCUT2D eigenvalue weighted by atomic mass is 16.6. The zero-order valence-corrected chi connectivity index (χ0v) is 13.0. The van der Waals surface area contributed by atoms with Gasteiger partial charge in [0.1, 0.15) is 6.61 Å². The summed E-state index contributed by atoms with van der Waals surface area (Å²) in [6.45, 7) is 3.16. The van der Waals surface area contributed by atoms with Crippen molar-refractivity contribution < 1.29 is 19.1 Å². The van der Waals surface area contributed by atoms with Gasteiger partial charge in [-0.05, 0) is 31.7 Å². The Morgan fingerprint density at radius 3 is 2.73 bits per heavy atom. The molecule has 5 heteroatoms. The molecule has 0 N–H and O–H groups in total. The van der Waals surface area contributed by atoms with Crippen LogP contribution in [0.3, 0.4) is 0 Å². The van der Waals surface area contributed by atoms with E-state index in [0.717, 1.165) is 18.4 Å². The normalized spacial score (nSPS) is 17.3. The van der Waals surface area contributed by atoms with Gasteiger partial charge in [-0.3, -0.25) is 4.79 Å². The third kappa shape index (κ3) is 4.76. The van der Waals surface area contributed by atoms with Crippen molar-refractivity contribution >= 4 is 12.1 Å². The van der Waals surface area contributed by atoms with Crippen LogP contribution in [0.1, 0.15) is 38.2 Å². The quantitative estimate of drug-likeness (QED) is 0.758. The van der Waals surface area contributed by atoms with Crippen molar-refractivity contribution in [2.45, 2.75) is 45.3 Å². The molecule has 0 saturated carbocycles. The van der Waals surface area contributed by atoms with Gasteiger partial charge < -0.3 is 14.4 Å². The first-order valence-electron chi connectivity index (χ1n) is 7.83. The number of hydrogen-bond donors (Lipinski definition) is 0. The standard InChI is InChI=1S/C17H23NO4/c1-2-21-16(19)11-10-15-9-6-12-18(15)17(20)22-13-14-7-4-3-5-8-14/h3-5,7-8,15H,2,6,9-13H2,1H3. The van der Waals surface area contributed by atoms with Crippen molar-refractivity contribution in [1.29, 1.82) is 0 Å². The van der Waals surface area contributed by atoms with E-state index in [9.17, 15) is 9.59 Å². The highest BCUT2D eigenvalue weighted by Gasteiger charge is 2.30. The highest BCUT2D eigenvalue weighted by Crippen LogP contribution is 2.22. The van der Waals surface area contributed by atoms with Gasteiger partial charge in [0, 0.05) is 19.0 Å². The fraction of sp³-hybridized carbons (Fsp3) is 0.529. The summed E-state index contributed by atoms with van der Waals surface area (Å²) in [5.74, 6) is -0.202. The summed E-state index contributed by atoms with van der Waals surface area (Å²) in [5, 5.41) is 0. The molecule has 0 aromatic heterocycles. The lowest BCUT2D eigenvalue weighted by atomic mass is 10.1. The van der Waals surface area contributed by atoms with E-state index < -0.39 is 0 Å². The van der Waals surface area contributed by atoms with Gasteiger partial charge in [0.05, 0.1) is 6.61 Å². The molecule has 1 aromatic rings. The van der Waals surface area contributed by atoms with E-state index in [4.69, 9.17) is 9.47 Å². The van der Waals surface area contributed by atoms with Gasteiger partial charge in [0.2, 0.25) is 0 Å². The molecule has 1 unspecified atom stereocenters. The molecule has 5 nitrogen and oxygen atoms in total. The second kappa shape index (κ2) is 8.41. The van der Waals surface area contributed by atoms with Crippen molar-refractivity contribution in [3.8, 4) is 0 Å². The zero-order valence-electron chi connectivity index (χ0n) is 13.0. The molecular weight excluding hydrogens is 282 g/mol. The number of ether oxygens (including phenoxy) is 2. The Balaban J connectivity index is 1.79. The molecule has 1 amide bonds. The molecule has 22 heavy (non-hydrogen) atoms. The summed E-state index contributed by atoms with van der Waals surface area (Å²) in [4.78, 5) is 25.4. The lowest BCUT2D eigenvalue weighted by Crippen LogP contribution is -2.36. The molecule has 1 heterocycles. The van der Waals surface area contributed by atoms with Crippen molar-refractivity contribution in [3.05, 3.63) is 35.9 Å². The first-order chi connectivity index (χ1) is 10.7. The molecule has 2 rings (SSSR count). The Hall–Kier alpha value is -2.04. The summed E-state index contributed by atoms with van der Waals surface area (Å²) in [6, 6.07) is 9.69. The van der Waals surface area contributed by atoms with Crippen LogP contribution in [0.15, 0.2) is 30.3 Å². The molecule has 120 valence electrons. The molecule has 1 atom stereocenters. The Bertz CT molecular complexity index is 489. The topological polar surface area (TPSA) is 55.8 Å². The van der Waals surface area contributed by atoms with Gasteiger partial charge in [0.25, 0.3) is 0 Å². The van der Waals surface area contributed by atoms with Crippen LogP contribution in [0.2, 0.25) is 0 Å². The average molecular weight is 305 g/mol. The second-order valence-corrected chi connectivity index (χ2v) is 5.37. The predicted octanol–water partition coefficient (Wildman–Crippen LogP) is 3.13. The Labute approximate surface area is 131 Å². The third-order valence-electron chi connectivity index (χ3n) is 3.80. The van der Waals surface area contributed by atoms with Crippen LogP contribution in [0, 0.1) is 0 Å². The monoisotopic (exact) mass is 305 g/mol. The summed E-state index contributed by atoms with van der Waals surface area (Å²) < 4.78 is 10.3. The smallest absolute Gasteiger partial charge is 0.410 e. The summed E-state index contributed by atoms with van der Waals surface area (Å²) >= 11 is 0. The molecule has 1 aromatic carbocycles. The number of hydrogen-bond acceptors (Lipinski definition) is 4. The number of rotatable bonds is 6. The number of carbonyl (C=O) groups excluding carboxylic acids is 2. The fourth-order valence-electron chi connectivity index (χ4n) is 2.70. The number of esters is 1. The minimum Gasteiger partial charge on any atom is -0.466 e. The SMILES string of the molecule is CCOC(=O)CCC1CCCN1C(=O)OCc1ccccc1. The van der Waals surface area contributed by atoms with Gasteiger partial charge in [0.15, 0.2) is 0 Å². The lowest BCUT2D eigenvalue weighted by Gasteiger charge is -2.23. The van der Waals surface area contributed by atoms with Crippen LogP contribution in [0.4, 0.5) is 4.79 Å². The van der Waals surface area contributed by atoms with Crippen LogP contribution < -0.4 is 0 Å². The van der Waals surface area contributed by atoms with E-state index in [1.807, 2.05) is 30.3 Å². The Morgan fingerprint density at radius 1 is 1.23 bits per heavy atom. The van der Waals surface area contributed by atoms with Crippen LogP contribution in [0.5, 0.6) is 0 Å². The minimum absolute atomic E-state index is 0.0766. The summed E-state index contributed by atoms with van der Waals surface area (Å²) in [5.41, 5.74) is 0.970.